The highest BCUT2D eigenvalue weighted by atomic mass is 79.9. The molecule has 0 spiro atoms. The number of benzene rings is 1. The van der Waals surface area contributed by atoms with Gasteiger partial charge in [0, 0.05) is 44.9 Å². The summed E-state index contributed by atoms with van der Waals surface area (Å²) < 4.78 is 0.481. The maximum absolute atomic E-state index is 11.0. The molecule has 0 bridgehead atoms. The van der Waals surface area contributed by atoms with Gasteiger partial charge in [0.1, 0.15) is 0 Å². The largest absolute Gasteiger partial charge is 0.396 e. The van der Waals surface area contributed by atoms with Crippen LogP contribution in [-0.4, -0.2) is 47.7 Å². The van der Waals surface area contributed by atoms with Crippen LogP contribution in [0.15, 0.2) is 22.7 Å². The Morgan fingerprint density at radius 3 is 2.67 bits per heavy atom. The molecule has 1 aromatic rings. The van der Waals surface area contributed by atoms with E-state index >= 15 is 0 Å². The Morgan fingerprint density at radius 1 is 1.43 bits per heavy atom. The number of aliphatic hydroxyl groups is 1. The lowest BCUT2D eigenvalue weighted by molar-refractivity contribution is -0.385. The first-order valence-electron chi connectivity index (χ1n) is 6.63. The number of nitro benzene ring substituents is 1. The molecule has 1 saturated heterocycles. The van der Waals surface area contributed by atoms with Gasteiger partial charge in [0.05, 0.1) is 9.40 Å². The lowest BCUT2D eigenvalue weighted by Gasteiger charge is -2.35. The molecular weight excluding hydrogens is 362 g/mol. The van der Waals surface area contributed by atoms with Gasteiger partial charge in [0.2, 0.25) is 0 Å². The van der Waals surface area contributed by atoms with Gasteiger partial charge in [-0.2, -0.15) is 0 Å². The minimum absolute atomic E-state index is 0. The van der Waals surface area contributed by atoms with E-state index in [1.165, 1.54) is 0 Å². The molecule has 0 aliphatic carbocycles. The number of piperazine rings is 1. The van der Waals surface area contributed by atoms with Gasteiger partial charge in [-0.25, -0.2) is 0 Å². The molecule has 0 saturated carbocycles. The molecule has 1 fully saturated rings. The Morgan fingerprint density at radius 2 is 2.10 bits per heavy atom. The standard InChI is InChI=1S/C13H18BrN3O3.ClH/c14-11-2-1-10(9-13(11)17(19)20)12(3-8-18)16-6-4-15-5-7-16;/h1-2,9,12,15,18H,3-8H2;1H/t12-;/m0./s1. The minimum atomic E-state index is -0.388. The summed E-state index contributed by atoms with van der Waals surface area (Å²) in [6, 6.07) is 5.22. The molecular formula is C13H19BrClN3O3. The number of hydrogen-bond acceptors (Lipinski definition) is 5. The molecule has 21 heavy (non-hydrogen) atoms. The number of nitrogens with one attached hydrogen (secondary N) is 1. The number of halogens is 2. The van der Waals surface area contributed by atoms with Crippen molar-refractivity contribution in [2.24, 2.45) is 0 Å². The first-order valence-corrected chi connectivity index (χ1v) is 7.42. The van der Waals surface area contributed by atoms with Crippen LogP contribution in [0.2, 0.25) is 0 Å². The van der Waals surface area contributed by atoms with Crippen LogP contribution in [0.25, 0.3) is 0 Å². The van der Waals surface area contributed by atoms with Crippen molar-refractivity contribution in [1.82, 2.24) is 10.2 Å². The first-order chi connectivity index (χ1) is 9.63. The average molecular weight is 381 g/mol. The highest BCUT2D eigenvalue weighted by molar-refractivity contribution is 9.10. The molecule has 118 valence electrons. The highest BCUT2D eigenvalue weighted by Crippen LogP contribution is 2.31. The third kappa shape index (κ3) is 4.62. The third-order valence-electron chi connectivity index (χ3n) is 3.55. The van der Waals surface area contributed by atoms with Crippen molar-refractivity contribution in [3.05, 3.63) is 38.3 Å². The van der Waals surface area contributed by atoms with Gasteiger partial charge >= 0.3 is 0 Å². The Hall–Kier alpha value is -0.730. The number of rotatable bonds is 5. The van der Waals surface area contributed by atoms with Gasteiger partial charge in [-0.15, -0.1) is 12.4 Å². The Balaban J connectivity index is 0.00000220. The van der Waals surface area contributed by atoms with Crippen molar-refractivity contribution in [2.75, 3.05) is 32.8 Å². The van der Waals surface area contributed by atoms with Gasteiger partial charge in [-0.3, -0.25) is 15.0 Å². The van der Waals surface area contributed by atoms with E-state index in [1.54, 1.807) is 12.1 Å². The molecule has 1 heterocycles. The van der Waals surface area contributed by atoms with E-state index in [9.17, 15) is 15.2 Å². The molecule has 0 unspecified atom stereocenters. The minimum Gasteiger partial charge on any atom is -0.396 e. The Kier molecular flexibility index (Phi) is 7.55. The van der Waals surface area contributed by atoms with Crippen LogP contribution in [0.4, 0.5) is 5.69 Å². The molecule has 1 aliphatic rings. The average Bonchev–Trinajstić information content (AvgIpc) is 2.46. The molecule has 0 radical (unpaired) electrons. The quantitative estimate of drug-likeness (QED) is 0.604. The molecule has 1 aromatic carbocycles. The normalized spacial score (nSPS) is 17.0. The summed E-state index contributed by atoms with van der Waals surface area (Å²) in [5.74, 6) is 0. The summed E-state index contributed by atoms with van der Waals surface area (Å²) in [6.45, 7) is 3.64. The fourth-order valence-corrected chi connectivity index (χ4v) is 2.94. The molecule has 0 amide bonds. The molecule has 1 aliphatic heterocycles. The second-order valence-electron chi connectivity index (χ2n) is 4.78. The zero-order valence-corrected chi connectivity index (χ0v) is 13.9. The SMILES string of the molecule is Cl.O=[N+]([O-])c1cc([C@H](CCO)N2CCNCC2)ccc1Br. The van der Waals surface area contributed by atoms with Crippen LogP contribution in [0.1, 0.15) is 18.0 Å². The van der Waals surface area contributed by atoms with Gasteiger partial charge in [-0.1, -0.05) is 6.07 Å². The van der Waals surface area contributed by atoms with Crippen LogP contribution in [0, 0.1) is 10.1 Å². The highest BCUT2D eigenvalue weighted by Gasteiger charge is 2.24. The number of nitrogens with zero attached hydrogens (tertiary/aromatic N) is 2. The van der Waals surface area contributed by atoms with Crippen molar-refractivity contribution >= 4 is 34.0 Å². The van der Waals surface area contributed by atoms with Crippen LogP contribution >= 0.6 is 28.3 Å². The van der Waals surface area contributed by atoms with Crippen LogP contribution < -0.4 is 5.32 Å². The number of nitro groups is 1. The Bertz CT molecular complexity index is 484. The lowest BCUT2D eigenvalue weighted by Crippen LogP contribution is -2.45. The van der Waals surface area contributed by atoms with Gasteiger partial charge < -0.3 is 10.4 Å². The van der Waals surface area contributed by atoms with E-state index in [0.29, 0.717) is 10.9 Å². The topological polar surface area (TPSA) is 78.6 Å². The summed E-state index contributed by atoms with van der Waals surface area (Å²) in [4.78, 5) is 12.9. The number of aliphatic hydroxyl groups excluding tert-OH is 1. The van der Waals surface area contributed by atoms with Crippen molar-refractivity contribution in [2.45, 2.75) is 12.5 Å². The van der Waals surface area contributed by atoms with Crippen molar-refractivity contribution in [3.8, 4) is 0 Å². The smallest absolute Gasteiger partial charge is 0.283 e. The predicted octanol–water partition coefficient (Wildman–Crippen LogP) is 2.11. The van der Waals surface area contributed by atoms with Crippen molar-refractivity contribution in [3.63, 3.8) is 0 Å². The van der Waals surface area contributed by atoms with Crippen molar-refractivity contribution < 1.29 is 10.0 Å². The summed E-state index contributed by atoms with van der Waals surface area (Å²) in [5.41, 5.74) is 0.955. The molecule has 1 atom stereocenters. The zero-order valence-electron chi connectivity index (χ0n) is 11.5. The first kappa shape index (κ1) is 18.3. The third-order valence-corrected chi connectivity index (χ3v) is 4.22. The maximum Gasteiger partial charge on any atom is 0.283 e. The molecule has 8 heteroatoms. The second-order valence-corrected chi connectivity index (χ2v) is 5.64. The molecule has 0 aromatic heterocycles. The van der Waals surface area contributed by atoms with E-state index < -0.39 is 0 Å². The second kappa shape index (κ2) is 8.65. The van der Waals surface area contributed by atoms with Crippen LogP contribution in [0.5, 0.6) is 0 Å². The zero-order chi connectivity index (χ0) is 14.5. The molecule has 2 N–H and O–H groups in total. The van der Waals surface area contributed by atoms with Crippen LogP contribution in [-0.2, 0) is 0 Å². The molecule has 2 rings (SSSR count). The lowest BCUT2D eigenvalue weighted by atomic mass is 10.0. The maximum atomic E-state index is 11.0. The summed E-state index contributed by atoms with van der Waals surface area (Å²) in [7, 11) is 0. The fraction of sp³-hybridized carbons (Fsp3) is 0.538. The van der Waals surface area contributed by atoms with E-state index in [0.717, 1.165) is 31.7 Å². The van der Waals surface area contributed by atoms with Crippen LogP contribution in [0.3, 0.4) is 0 Å². The van der Waals surface area contributed by atoms with E-state index in [2.05, 4.69) is 26.1 Å². The monoisotopic (exact) mass is 379 g/mol. The van der Waals surface area contributed by atoms with Gasteiger partial charge in [0.15, 0.2) is 0 Å². The summed E-state index contributed by atoms with van der Waals surface area (Å²) in [5, 5.41) is 23.6. The van der Waals surface area contributed by atoms with Gasteiger partial charge in [0.25, 0.3) is 5.69 Å². The number of hydrogen-bond donors (Lipinski definition) is 2. The van der Waals surface area contributed by atoms with Crippen molar-refractivity contribution in [1.29, 1.82) is 0 Å². The molecule has 6 nitrogen and oxygen atoms in total. The summed E-state index contributed by atoms with van der Waals surface area (Å²) in [6.07, 6.45) is 0.582. The summed E-state index contributed by atoms with van der Waals surface area (Å²) >= 11 is 3.20. The fourth-order valence-electron chi connectivity index (χ4n) is 2.55. The predicted molar refractivity (Wildman–Crippen MR) is 86.9 cm³/mol. The van der Waals surface area contributed by atoms with E-state index in [-0.39, 0.29) is 35.7 Å². The van der Waals surface area contributed by atoms with E-state index in [1.807, 2.05) is 6.07 Å². The van der Waals surface area contributed by atoms with E-state index in [4.69, 9.17) is 0 Å². The Labute approximate surface area is 138 Å². The van der Waals surface area contributed by atoms with Gasteiger partial charge in [-0.05, 0) is 34.0 Å².